The first kappa shape index (κ1) is 27.0. The van der Waals surface area contributed by atoms with Crippen molar-refractivity contribution in [3.8, 4) is 16.9 Å². The summed E-state index contributed by atoms with van der Waals surface area (Å²) in [5, 5.41) is 10.1. The van der Waals surface area contributed by atoms with Crippen LogP contribution in [0.25, 0.3) is 11.1 Å². The van der Waals surface area contributed by atoms with Crippen LogP contribution in [0.2, 0.25) is 0 Å². The van der Waals surface area contributed by atoms with E-state index in [0.29, 0.717) is 11.1 Å². The molecule has 0 aliphatic carbocycles. The number of hydrogen-bond acceptors (Lipinski definition) is 7. The van der Waals surface area contributed by atoms with Gasteiger partial charge in [-0.2, -0.15) is 0 Å². The molecule has 0 aliphatic rings. The van der Waals surface area contributed by atoms with Gasteiger partial charge in [0.1, 0.15) is 16.9 Å². The molecule has 2 aromatic carbocycles. The third-order valence-corrected chi connectivity index (χ3v) is 6.87. The lowest BCUT2D eigenvalue weighted by Crippen LogP contribution is -2.26. The topological polar surface area (TPSA) is 120 Å². The summed E-state index contributed by atoms with van der Waals surface area (Å²) in [7, 11) is -3.82. The van der Waals surface area contributed by atoms with Crippen LogP contribution in [0.4, 0.5) is 0 Å². The molecule has 1 atom stereocenters. The van der Waals surface area contributed by atoms with Crippen molar-refractivity contribution >= 4 is 21.8 Å². The van der Waals surface area contributed by atoms with E-state index in [9.17, 15) is 23.1 Å². The molecule has 36 heavy (non-hydrogen) atoms. The zero-order chi connectivity index (χ0) is 26.5. The van der Waals surface area contributed by atoms with Crippen LogP contribution in [-0.2, 0) is 25.1 Å². The Morgan fingerprint density at radius 1 is 1.06 bits per heavy atom. The van der Waals surface area contributed by atoms with Gasteiger partial charge in [-0.1, -0.05) is 37.3 Å². The Kier molecular flexibility index (Phi) is 8.24. The summed E-state index contributed by atoms with van der Waals surface area (Å²) in [6, 6.07) is 12.6. The van der Waals surface area contributed by atoms with Gasteiger partial charge in [0.05, 0.1) is 36.2 Å². The van der Waals surface area contributed by atoms with Gasteiger partial charge in [0.25, 0.3) is 0 Å². The zero-order valence-electron chi connectivity index (χ0n) is 20.7. The molecule has 192 valence electrons. The Morgan fingerprint density at radius 3 is 2.33 bits per heavy atom. The van der Waals surface area contributed by atoms with E-state index in [2.05, 4.69) is 0 Å². The van der Waals surface area contributed by atoms with Crippen LogP contribution in [0.5, 0.6) is 5.75 Å². The SMILES string of the molecule is CC(COc1c(-c2ccoc2)ccc(CS(=O)(=O)c2ccccc2)c1C(=O)O)CC(=O)OC(C)(C)C. The van der Waals surface area contributed by atoms with Crippen molar-refractivity contribution in [2.24, 2.45) is 5.92 Å². The number of sulfone groups is 1. The van der Waals surface area contributed by atoms with E-state index in [0.717, 1.165) is 0 Å². The molecule has 0 amide bonds. The number of furan rings is 1. The lowest BCUT2D eigenvalue weighted by molar-refractivity contribution is -0.156. The molecule has 1 heterocycles. The summed E-state index contributed by atoms with van der Waals surface area (Å²) in [5.74, 6) is -2.52. The number of ether oxygens (including phenoxy) is 2. The summed E-state index contributed by atoms with van der Waals surface area (Å²) in [5.41, 5.74) is 0.226. The minimum atomic E-state index is -3.82. The number of hydrogen-bond donors (Lipinski definition) is 1. The smallest absolute Gasteiger partial charge is 0.339 e. The Morgan fingerprint density at radius 2 is 1.75 bits per heavy atom. The van der Waals surface area contributed by atoms with Crippen molar-refractivity contribution in [2.45, 2.75) is 50.4 Å². The second kappa shape index (κ2) is 11.0. The largest absolute Gasteiger partial charge is 0.492 e. The summed E-state index contributed by atoms with van der Waals surface area (Å²) >= 11 is 0. The number of benzene rings is 2. The average Bonchev–Trinajstić information content (AvgIpc) is 3.31. The van der Waals surface area contributed by atoms with Crippen LogP contribution in [0, 0.1) is 5.92 Å². The number of carboxylic acids is 1. The Labute approximate surface area is 210 Å². The highest BCUT2D eigenvalue weighted by molar-refractivity contribution is 7.90. The van der Waals surface area contributed by atoms with E-state index in [1.54, 1.807) is 58.0 Å². The highest BCUT2D eigenvalue weighted by Gasteiger charge is 2.27. The highest BCUT2D eigenvalue weighted by atomic mass is 32.2. The maximum atomic E-state index is 13.0. The monoisotopic (exact) mass is 514 g/mol. The number of carbonyl (C=O) groups is 2. The van der Waals surface area contributed by atoms with Crippen molar-refractivity contribution in [1.82, 2.24) is 0 Å². The average molecular weight is 515 g/mol. The Bertz CT molecular complexity index is 1300. The van der Waals surface area contributed by atoms with E-state index < -0.39 is 33.1 Å². The van der Waals surface area contributed by atoms with Gasteiger partial charge < -0.3 is 19.0 Å². The van der Waals surface area contributed by atoms with Crippen LogP contribution in [0.15, 0.2) is 70.4 Å². The fourth-order valence-electron chi connectivity index (χ4n) is 3.64. The van der Waals surface area contributed by atoms with Gasteiger partial charge >= 0.3 is 11.9 Å². The van der Waals surface area contributed by atoms with Gasteiger partial charge in [-0.05, 0) is 44.5 Å². The van der Waals surface area contributed by atoms with Crippen molar-refractivity contribution in [3.63, 3.8) is 0 Å². The number of carboxylic acid groups (broad SMARTS) is 1. The van der Waals surface area contributed by atoms with Crippen LogP contribution in [0.3, 0.4) is 0 Å². The number of aromatic carboxylic acids is 1. The van der Waals surface area contributed by atoms with Gasteiger partial charge in [0.15, 0.2) is 9.84 Å². The molecule has 8 nitrogen and oxygen atoms in total. The molecule has 1 aromatic heterocycles. The van der Waals surface area contributed by atoms with Gasteiger partial charge in [-0.25, -0.2) is 13.2 Å². The van der Waals surface area contributed by atoms with E-state index in [4.69, 9.17) is 13.9 Å². The van der Waals surface area contributed by atoms with Crippen LogP contribution >= 0.6 is 0 Å². The molecule has 1 unspecified atom stereocenters. The molecule has 0 fully saturated rings. The summed E-state index contributed by atoms with van der Waals surface area (Å²) < 4.78 is 42.5. The highest BCUT2D eigenvalue weighted by Crippen LogP contribution is 2.37. The summed E-state index contributed by atoms with van der Waals surface area (Å²) in [4.78, 5) is 24.7. The van der Waals surface area contributed by atoms with E-state index in [1.165, 1.54) is 30.7 Å². The van der Waals surface area contributed by atoms with E-state index in [1.807, 2.05) is 0 Å². The van der Waals surface area contributed by atoms with Gasteiger partial charge in [-0.3, -0.25) is 4.79 Å². The van der Waals surface area contributed by atoms with Crippen LogP contribution in [0.1, 0.15) is 50.0 Å². The molecule has 9 heteroatoms. The third-order valence-electron chi connectivity index (χ3n) is 5.19. The van der Waals surface area contributed by atoms with Crippen molar-refractivity contribution < 1.29 is 37.0 Å². The molecule has 1 N–H and O–H groups in total. The molecule has 0 bridgehead atoms. The summed E-state index contributed by atoms with van der Waals surface area (Å²) in [6.07, 6.45) is 2.96. The van der Waals surface area contributed by atoms with Crippen molar-refractivity contribution in [2.75, 3.05) is 6.61 Å². The third kappa shape index (κ3) is 6.97. The number of esters is 1. The Hall–Kier alpha value is -3.59. The second-order valence-electron chi connectivity index (χ2n) is 9.57. The standard InChI is InChI=1S/C27H30O8S/c1-18(14-23(28)35-27(2,3)4)15-34-25-22(19-12-13-33-16-19)11-10-20(24(25)26(29)30)17-36(31,32)21-8-6-5-7-9-21/h5-13,16,18H,14-15,17H2,1-4H3,(H,29,30). The molecular formula is C27H30O8S. The molecule has 0 saturated carbocycles. The second-order valence-corrected chi connectivity index (χ2v) is 11.6. The number of carbonyl (C=O) groups excluding carboxylic acids is 1. The van der Waals surface area contributed by atoms with Crippen molar-refractivity contribution in [1.29, 1.82) is 0 Å². The minimum Gasteiger partial charge on any atom is -0.492 e. The predicted molar refractivity (Wildman–Crippen MR) is 134 cm³/mol. The summed E-state index contributed by atoms with van der Waals surface area (Å²) in [6.45, 7) is 7.12. The van der Waals surface area contributed by atoms with Gasteiger partial charge in [-0.15, -0.1) is 0 Å². The van der Waals surface area contributed by atoms with Crippen LogP contribution < -0.4 is 4.74 Å². The lowest BCUT2D eigenvalue weighted by Gasteiger charge is -2.22. The lowest BCUT2D eigenvalue weighted by atomic mass is 9.99. The fourth-order valence-corrected chi connectivity index (χ4v) is 5.03. The molecule has 3 rings (SSSR count). The first-order chi connectivity index (χ1) is 16.9. The molecule has 0 radical (unpaired) electrons. The Balaban J connectivity index is 1.96. The minimum absolute atomic E-state index is 0.0132. The van der Waals surface area contributed by atoms with E-state index >= 15 is 0 Å². The van der Waals surface area contributed by atoms with Gasteiger partial charge in [0, 0.05) is 17.0 Å². The maximum absolute atomic E-state index is 13.0. The van der Waals surface area contributed by atoms with Gasteiger partial charge in [0.2, 0.25) is 0 Å². The first-order valence-electron chi connectivity index (χ1n) is 11.4. The maximum Gasteiger partial charge on any atom is 0.339 e. The van der Waals surface area contributed by atoms with Crippen molar-refractivity contribution in [3.05, 3.63) is 72.2 Å². The van der Waals surface area contributed by atoms with E-state index in [-0.39, 0.29) is 40.7 Å². The quantitative estimate of drug-likeness (QED) is 0.359. The predicted octanol–water partition coefficient (Wildman–Crippen LogP) is 5.37. The molecular weight excluding hydrogens is 484 g/mol. The molecule has 3 aromatic rings. The first-order valence-corrected chi connectivity index (χ1v) is 13.1. The normalized spacial score (nSPS) is 12.7. The number of rotatable bonds is 10. The molecule has 0 aliphatic heterocycles. The fraction of sp³-hybridized carbons (Fsp3) is 0.333. The van der Waals surface area contributed by atoms with Crippen LogP contribution in [-0.4, -0.2) is 37.7 Å². The molecule has 0 spiro atoms. The molecule has 0 saturated heterocycles. The zero-order valence-corrected chi connectivity index (χ0v) is 21.5.